The van der Waals surface area contributed by atoms with Gasteiger partial charge in [0.05, 0.1) is 6.04 Å². The number of allylic oxidation sites excluding steroid dienone is 2. The van der Waals surface area contributed by atoms with Gasteiger partial charge in [-0.1, -0.05) is 153 Å². The van der Waals surface area contributed by atoms with E-state index in [1.165, 1.54) is 61.5 Å². The Hall–Kier alpha value is -6.38. The van der Waals surface area contributed by atoms with Crippen LogP contribution in [0, 0.1) is 0 Å². The first kappa shape index (κ1) is 31.4. The van der Waals surface area contributed by atoms with Crippen LogP contribution >= 0.6 is 0 Å². The van der Waals surface area contributed by atoms with E-state index in [9.17, 15) is 0 Å². The van der Waals surface area contributed by atoms with Crippen molar-refractivity contribution in [3.63, 3.8) is 0 Å². The van der Waals surface area contributed by atoms with Gasteiger partial charge in [0.1, 0.15) is 0 Å². The molecule has 0 radical (unpaired) electrons. The summed E-state index contributed by atoms with van der Waals surface area (Å²) in [6.45, 7) is 4.71. The molecule has 0 saturated heterocycles. The Morgan fingerprint density at radius 2 is 1.09 bits per heavy atom. The Kier molecular flexibility index (Phi) is 7.33. The molecule has 0 amide bonds. The summed E-state index contributed by atoms with van der Waals surface area (Å²) < 4.78 is 0. The molecular weight excluding hydrogens is 641 g/mol. The molecule has 0 N–H and O–H groups in total. The van der Waals surface area contributed by atoms with Crippen molar-refractivity contribution in [1.29, 1.82) is 0 Å². The van der Waals surface area contributed by atoms with E-state index in [1.54, 1.807) is 0 Å². The van der Waals surface area contributed by atoms with Crippen molar-refractivity contribution in [3.05, 3.63) is 216 Å². The third-order valence-corrected chi connectivity index (χ3v) is 11.6. The molecule has 7 aromatic rings. The van der Waals surface area contributed by atoms with Gasteiger partial charge in [-0.15, -0.1) is 0 Å². The zero-order chi connectivity index (χ0) is 35.5. The average molecular weight is 681 g/mol. The number of hydrogen-bond acceptors (Lipinski definition) is 2. The van der Waals surface area contributed by atoms with Crippen molar-refractivity contribution < 1.29 is 0 Å². The summed E-state index contributed by atoms with van der Waals surface area (Å²) in [4.78, 5) is 4.90. The van der Waals surface area contributed by atoms with E-state index in [0.717, 1.165) is 17.1 Å². The van der Waals surface area contributed by atoms with Gasteiger partial charge in [0, 0.05) is 39.8 Å². The fourth-order valence-electron chi connectivity index (χ4n) is 8.95. The molecule has 53 heavy (non-hydrogen) atoms. The van der Waals surface area contributed by atoms with Gasteiger partial charge in [0.25, 0.3) is 0 Å². The number of para-hydroxylation sites is 2. The largest absolute Gasteiger partial charge is 0.333 e. The minimum absolute atomic E-state index is 0.0821. The summed E-state index contributed by atoms with van der Waals surface area (Å²) in [6.07, 6.45) is 7.19. The topological polar surface area (TPSA) is 6.48 Å². The van der Waals surface area contributed by atoms with Gasteiger partial charge in [-0.2, -0.15) is 0 Å². The minimum Gasteiger partial charge on any atom is -0.333 e. The summed E-state index contributed by atoms with van der Waals surface area (Å²) in [7, 11) is 0. The molecule has 0 bridgehead atoms. The highest BCUT2D eigenvalue weighted by Crippen LogP contribution is 2.51. The van der Waals surface area contributed by atoms with Crippen molar-refractivity contribution in [2.24, 2.45) is 0 Å². The van der Waals surface area contributed by atoms with Gasteiger partial charge in [-0.25, -0.2) is 0 Å². The third kappa shape index (κ3) is 5.17. The molecular formula is C51H40N2. The van der Waals surface area contributed by atoms with Crippen molar-refractivity contribution in [2.75, 3.05) is 9.80 Å². The smallest absolute Gasteiger partial charge is 0.0630 e. The second-order valence-corrected chi connectivity index (χ2v) is 15.0. The quantitative estimate of drug-likeness (QED) is 0.172. The lowest BCUT2D eigenvalue weighted by Gasteiger charge is -2.30. The summed E-state index contributed by atoms with van der Waals surface area (Å²) in [5.74, 6) is 0.282. The van der Waals surface area contributed by atoms with Crippen molar-refractivity contribution in [2.45, 2.75) is 31.2 Å². The van der Waals surface area contributed by atoms with Crippen molar-refractivity contribution >= 4 is 34.0 Å². The van der Waals surface area contributed by atoms with Gasteiger partial charge in [0.15, 0.2) is 0 Å². The van der Waals surface area contributed by atoms with Crippen LogP contribution in [0.1, 0.15) is 42.0 Å². The standard InChI is InChI=1S/C51H40N2/c1-51(2)47-19-11-9-17-43(47)44-31-30-42(34-48(44)51)52(40-26-21-36(22-27-40)35-13-5-3-6-14-35)41-28-23-37(24-29-41)38-25-32-50-46(33-38)45-18-10-12-20-49(45)53(50)39-15-7-4-8-16-39/h3-34,46,50H,1-2H3. The first-order valence-corrected chi connectivity index (χ1v) is 18.7. The Labute approximate surface area is 312 Å². The molecule has 2 aliphatic carbocycles. The lowest BCUT2D eigenvalue weighted by molar-refractivity contribution is 0.660. The van der Waals surface area contributed by atoms with Crippen molar-refractivity contribution in [3.8, 4) is 22.3 Å². The van der Waals surface area contributed by atoms with E-state index in [4.69, 9.17) is 0 Å². The highest BCUT2D eigenvalue weighted by Gasteiger charge is 2.38. The molecule has 0 fully saturated rings. The Balaban J connectivity index is 1.02. The molecule has 7 aromatic carbocycles. The van der Waals surface area contributed by atoms with Gasteiger partial charge >= 0.3 is 0 Å². The van der Waals surface area contributed by atoms with Crippen LogP contribution in [0.25, 0.3) is 27.8 Å². The lowest BCUT2D eigenvalue weighted by atomic mass is 9.82. The molecule has 0 spiro atoms. The molecule has 3 aliphatic rings. The van der Waals surface area contributed by atoms with E-state index < -0.39 is 0 Å². The number of nitrogens with zero attached hydrogens (tertiary/aromatic N) is 2. The van der Waals surface area contributed by atoms with Crippen LogP contribution < -0.4 is 9.80 Å². The van der Waals surface area contributed by atoms with E-state index >= 15 is 0 Å². The molecule has 1 aliphatic heterocycles. The molecule has 2 atom stereocenters. The van der Waals surface area contributed by atoms with Crippen LogP contribution in [0.4, 0.5) is 28.4 Å². The van der Waals surface area contributed by atoms with Gasteiger partial charge in [-0.3, -0.25) is 0 Å². The fourth-order valence-corrected chi connectivity index (χ4v) is 8.95. The average Bonchev–Trinajstić information content (AvgIpc) is 3.67. The number of benzene rings is 7. The number of fused-ring (bicyclic) bond motifs is 6. The van der Waals surface area contributed by atoms with E-state index in [1.807, 2.05) is 0 Å². The van der Waals surface area contributed by atoms with Gasteiger partial charge in [-0.05, 0) is 105 Å². The third-order valence-electron chi connectivity index (χ3n) is 11.6. The zero-order valence-corrected chi connectivity index (χ0v) is 30.0. The van der Waals surface area contributed by atoms with Gasteiger partial charge < -0.3 is 9.80 Å². The first-order valence-electron chi connectivity index (χ1n) is 18.7. The summed E-state index contributed by atoms with van der Waals surface area (Å²) >= 11 is 0. The Bertz CT molecular complexity index is 2530. The SMILES string of the molecule is CC1(C)c2ccccc2-c2ccc(N(c3ccc(C4=CC5c6ccccc6N(c6ccccc6)C5C=C4)cc3)c3ccc(-c4ccccc4)cc3)cc21. The molecule has 254 valence electrons. The number of rotatable bonds is 6. The maximum Gasteiger partial charge on any atom is 0.0630 e. The molecule has 2 unspecified atom stereocenters. The van der Waals surface area contributed by atoms with Crippen LogP contribution in [0.5, 0.6) is 0 Å². The van der Waals surface area contributed by atoms with E-state index in [-0.39, 0.29) is 17.4 Å². The predicted molar refractivity (Wildman–Crippen MR) is 223 cm³/mol. The maximum atomic E-state index is 2.49. The monoisotopic (exact) mass is 680 g/mol. The van der Waals surface area contributed by atoms with Crippen LogP contribution in [-0.2, 0) is 5.41 Å². The van der Waals surface area contributed by atoms with Crippen LogP contribution in [0.15, 0.2) is 194 Å². The molecule has 10 rings (SSSR count). The maximum absolute atomic E-state index is 2.49. The Morgan fingerprint density at radius 1 is 0.509 bits per heavy atom. The molecule has 2 heteroatoms. The molecule has 1 heterocycles. The van der Waals surface area contributed by atoms with Gasteiger partial charge in [0.2, 0.25) is 0 Å². The highest BCUT2D eigenvalue weighted by atomic mass is 15.2. The first-order chi connectivity index (χ1) is 26.0. The summed E-state index contributed by atoms with van der Waals surface area (Å²) in [5.41, 5.74) is 17.6. The Morgan fingerprint density at radius 3 is 1.85 bits per heavy atom. The van der Waals surface area contributed by atoms with Crippen LogP contribution in [-0.4, -0.2) is 6.04 Å². The van der Waals surface area contributed by atoms with E-state index in [2.05, 4.69) is 218 Å². The van der Waals surface area contributed by atoms with Crippen LogP contribution in [0.3, 0.4) is 0 Å². The zero-order valence-electron chi connectivity index (χ0n) is 30.0. The normalized spacial score (nSPS) is 17.4. The van der Waals surface area contributed by atoms with E-state index in [0.29, 0.717) is 0 Å². The fraction of sp³-hybridized carbons (Fsp3) is 0.0980. The lowest BCUT2D eigenvalue weighted by Crippen LogP contribution is -2.28. The summed E-state index contributed by atoms with van der Waals surface area (Å²) in [6, 6.07) is 64.6. The second-order valence-electron chi connectivity index (χ2n) is 15.0. The molecule has 2 nitrogen and oxygen atoms in total. The van der Waals surface area contributed by atoms with Crippen molar-refractivity contribution in [1.82, 2.24) is 0 Å². The molecule has 0 aromatic heterocycles. The predicted octanol–water partition coefficient (Wildman–Crippen LogP) is 13.4. The number of hydrogen-bond donors (Lipinski definition) is 0. The summed E-state index contributed by atoms with van der Waals surface area (Å²) in [5, 5.41) is 0. The van der Waals surface area contributed by atoms with Crippen LogP contribution in [0.2, 0.25) is 0 Å². The highest BCUT2D eigenvalue weighted by molar-refractivity contribution is 5.87. The minimum atomic E-state index is -0.0821. The molecule has 0 saturated carbocycles. The second kappa shape index (κ2) is 12.4. The number of anilines is 5.